The third-order valence-electron chi connectivity index (χ3n) is 5.47. The van der Waals surface area contributed by atoms with Gasteiger partial charge in [0.05, 0.1) is 19.3 Å². The van der Waals surface area contributed by atoms with E-state index in [0.717, 1.165) is 12.8 Å². The summed E-state index contributed by atoms with van der Waals surface area (Å²) in [5.74, 6) is 0. The number of benzene rings is 2. The van der Waals surface area contributed by atoms with Crippen LogP contribution in [0.5, 0.6) is 0 Å². The molecule has 146 valence electrons. The molecule has 2 aromatic rings. The van der Waals surface area contributed by atoms with Gasteiger partial charge in [0.1, 0.15) is 6.10 Å². The van der Waals surface area contributed by atoms with Crippen LogP contribution in [0.1, 0.15) is 69.6 Å². The molecule has 1 aliphatic rings. The summed E-state index contributed by atoms with van der Waals surface area (Å²) < 4.78 is 12.0. The Morgan fingerprint density at radius 3 is 2.04 bits per heavy atom. The molecule has 2 nitrogen and oxygen atoms in total. The summed E-state index contributed by atoms with van der Waals surface area (Å²) in [6.07, 6.45) is 9.04. The van der Waals surface area contributed by atoms with Gasteiger partial charge in [-0.25, -0.2) is 0 Å². The Kier molecular flexibility index (Phi) is 7.92. The van der Waals surface area contributed by atoms with Crippen LogP contribution in [-0.2, 0) is 15.9 Å². The van der Waals surface area contributed by atoms with Gasteiger partial charge < -0.3 is 9.47 Å². The van der Waals surface area contributed by atoms with Gasteiger partial charge in [0, 0.05) is 0 Å². The molecule has 2 atom stereocenters. The molecule has 1 saturated heterocycles. The molecule has 0 saturated carbocycles. The number of unbranched alkanes of at least 4 members (excludes halogenated alkanes) is 3. The van der Waals surface area contributed by atoms with Crippen molar-refractivity contribution in [1.29, 1.82) is 0 Å². The lowest BCUT2D eigenvalue weighted by atomic mass is 9.99. The SMILES string of the molecule is CCCCCCc1ccc(-c2ccc([C@@H]3CO[C@@H](CCC)CO3)cc2)cc1. The van der Waals surface area contributed by atoms with Crippen molar-refractivity contribution in [2.75, 3.05) is 13.2 Å². The first-order valence-electron chi connectivity index (χ1n) is 10.7. The number of aryl methyl sites for hydroxylation is 1. The van der Waals surface area contributed by atoms with E-state index in [1.165, 1.54) is 54.4 Å². The Hall–Kier alpha value is -1.64. The second kappa shape index (κ2) is 10.6. The second-order valence-electron chi connectivity index (χ2n) is 7.70. The van der Waals surface area contributed by atoms with E-state index < -0.39 is 0 Å². The van der Waals surface area contributed by atoms with Crippen LogP contribution < -0.4 is 0 Å². The molecule has 27 heavy (non-hydrogen) atoms. The molecule has 1 aliphatic heterocycles. The zero-order valence-corrected chi connectivity index (χ0v) is 17.0. The van der Waals surface area contributed by atoms with Crippen molar-refractivity contribution in [2.45, 2.75) is 71.0 Å². The molecule has 0 aromatic heterocycles. The van der Waals surface area contributed by atoms with Gasteiger partial charge in [0.25, 0.3) is 0 Å². The van der Waals surface area contributed by atoms with Crippen molar-refractivity contribution in [3.63, 3.8) is 0 Å². The summed E-state index contributed by atoms with van der Waals surface area (Å²) >= 11 is 0. The number of ether oxygens (including phenoxy) is 2. The smallest absolute Gasteiger partial charge is 0.106 e. The number of rotatable bonds is 9. The van der Waals surface area contributed by atoms with E-state index in [2.05, 4.69) is 62.4 Å². The summed E-state index contributed by atoms with van der Waals surface area (Å²) in [5.41, 5.74) is 5.20. The lowest BCUT2D eigenvalue weighted by Gasteiger charge is -2.29. The summed E-state index contributed by atoms with van der Waals surface area (Å²) in [4.78, 5) is 0. The van der Waals surface area contributed by atoms with Crippen LogP contribution in [0.15, 0.2) is 48.5 Å². The topological polar surface area (TPSA) is 18.5 Å². The van der Waals surface area contributed by atoms with Gasteiger partial charge in [-0.15, -0.1) is 0 Å². The maximum absolute atomic E-state index is 6.02. The van der Waals surface area contributed by atoms with E-state index in [-0.39, 0.29) is 12.2 Å². The Morgan fingerprint density at radius 1 is 0.741 bits per heavy atom. The highest BCUT2D eigenvalue weighted by molar-refractivity contribution is 5.64. The van der Waals surface area contributed by atoms with Crippen molar-refractivity contribution in [3.05, 3.63) is 59.7 Å². The van der Waals surface area contributed by atoms with E-state index in [4.69, 9.17) is 9.47 Å². The van der Waals surface area contributed by atoms with Gasteiger partial charge in [-0.2, -0.15) is 0 Å². The molecule has 2 aromatic carbocycles. The van der Waals surface area contributed by atoms with Crippen LogP contribution in [-0.4, -0.2) is 19.3 Å². The summed E-state index contributed by atoms with van der Waals surface area (Å²) in [7, 11) is 0. The van der Waals surface area contributed by atoms with Gasteiger partial charge in [-0.3, -0.25) is 0 Å². The number of hydrogen-bond acceptors (Lipinski definition) is 2. The Morgan fingerprint density at radius 2 is 1.44 bits per heavy atom. The molecule has 0 radical (unpaired) electrons. The van der Waals surface area contributed by atoms with Crippen LogP contribution in [0.2, 0.25) is 0 Å². The lowest BCUT2D eigenvalue weighted by molar-refractivity contribution is -0.137. The zero-order chi connectivity index (χ0) is 18.9. The molecule has 0 spiro atoms. The van der Waals surface area contributed by atoms with Gasteiger partial charge in [-0.05, 0) is 41.5 Å². The molecule has 0 N–H and O–H groups in total. The van der Waals surface area contributed by atoms with Crippen LogP contribution >= 0.6 is 0 Å². The van der Waals surface area contributed by atoms with Crippen molar-refractivity contribution in [2.24, 2.45) is 0 Å². The minimum atomic E-state index is 0.0673. The second-order valence-corrected chi connectivity index (χ2v) is 7.70. The minimum absolute atomic E-state index is 0.0673. The van der Waals surface area contributed by atoms with Gasteiger partial charge >= 0.3 is 0 Å². The van der Waals surface area contributed by atoms with Gasteiger partial charge in [-0.1, -0.05) is 88.1 Å². The van der Waals surface area contributed by atoms with E-state index in [1.54, 1.807) is 0 Å². The van der Waals surface area contributed by atoms with E-state index in [1.807, 2.05) is 0 Å². The predicted molar refractivity (Wildman–Crippen MR) is 113 cm³/mol. The van der Waals surface area contributed by atoms with Crippen LogP contribution in [0.3, 0.4) is 0 Å². The first kappa shape index (κ1) is 20.1. The Bertz CT molecular complexity index is 652. The normalized spacial score (nSPS) is 19.9. The van der Waals surface area contributed by atoms with Crippen molar-refractivity contribution in [3.8, 4) is 11.1 Å². The van der Waals surface area contributed by atoms with Gasteiger partial charge in [0.2, 0.25) is 0 Å². The third-order valence-corrected chi connectivity index (χ3v) is 5.47. The monoisotopic (exact) mass is 366 g/mol. The van der Waals surface area contributed by atoms with Crippen molar-refractivity contribution in [1.82, 2.24) is 0 Å². The van der Waals surface area contributed by atoms with E-state index in [0.29, 0.717) is 13.2 Å². The van der Waals surface area contributed by atoms with Gasteiger partial charge in [0.15, 0.2) is 0 Å². The molecule has 0 unspecified atom stereocenters. The maximum atomic E-state index is 6.02. The van der Waals surface area contributed by atoms with Crippen molar-refractivity contribution >= 4 is 0 Å². The first-order chi connectivity index (χ1) is 13.3. The molecule has 1 fully saturated rings. The molecular weight excluding hydrogens is 332 g/mol. The number of hydrogen-bond donors (Lipinski definition) is 0. The predicted octanol–water partition coefficient (Wildman–Crippen LogP) is 6.73. The molecule has 0 aliphatic carbocycles. The fourth-order valence-electron chi connectivity index (χ4n) is 3.73. The summed E-state index contributed by atoms with van der Waals surface area (Å²) in [6.45, 7) is 5.82. The quantitative estimate of drug-likeness (QED) is 0.458. The average molecular weight is 367 g/mol. The van der Waals surface area contributed by atoms with E-state index in [9.17, 15) is 0 Å². The Labute approximate surface area is 164 Å². The standard InChI is InChI=1S/C25H34O2/c1-3-5-6-7-9-20-10-12-21(13-11-20)22-14-16-23(17-15-22)25-19-26-24(8-4-2)18-27-25/h10-17,24-25H,3-9,18-19H2,1-2H3/t24-,25-/m0/s1. The highest BCUT2D eigenvalue weighted by Crippen LogP contribution is 2.27. The van der Waals surface area contributed by atoms with Crippen LogP contribution in [0.25, 0.3) is 11.1 Å². The largest absolute Gasteiger partial charge is 0.373 e. The van der Waals surface area contributed by atoms with Crippen LogP contribution in [0.4, 0.5) is 0 Å². The Balaban J connectivity index is 1.54. The van der Waals surface area contributed by atoms with E-state index >= 15 is 0 Å². The molecule has 0 amide bonds. The first-order valence-corrected chi connectivity index (χ1v) is 10.7. The highest BCUT2D eigenvalue weighted by Gasteiger charge is 2.22. The summed E-state index contributed by atoms with van der Waals surface area (Å²) in [5, 5.41) is 0. The fraction of sp³-hybridized carbons (Fsp3) is 0.520. The van der Waals surface area contributed by atoms with Crippen LogP contribution in [0, 0.1) is 0 Å². The van der Waals surface area contributed by atoms with Crippen molar-refractivity contribution < 1.29 is 9.47 Å². The maximum Gasteiger partial charge on any atom is 0.106 e. The molecule has 1 heterocycles. The zero-order valence-electron chi connectivity index (χ0n) is 17.0. The minimum Gasteiger partial charge on any atom is -0.373 e. The molecule has 0 bridgehead atoms. The lowest BCUT2D eigenvalue weighted by Crippen LogP contribution is -2.30. The third kappa shape index (κ3) is 5.92. The fourth-order valence-corrected chi connectivity index (χ4v) is 3.73. The molecule has 3 rings (SSSR count). The summed E-state index contributed by atoms with van der Waals surface area (Å²) in [6, 6.07) is 17.8. The molecular formula is C25H34O2. The average Bonchev–Trinajstić information content (AvgIpc) is 2.73. The molecule has 2 heteroatoms. The highest BCUT2D eigenvalue weighted by atomic mass is 16.6.